The van der Waals surface area contributed by atoms with Crippen LogP contribution in [0.2, 0.25) is 0 Å². The molecule has 0 bridgehead atoms. The molecule has 0 aromatic heterocycles. The third-order valence-electron chi connectivity index (χ3n) is 5.22. The van der Waals surface area contributed by atoms with E-state index in [1.54, 1.807) is 43.3 Å². The molecule has 3 heterocycles. The Morgan fingerprint density at radius 3 is 2.31 bits per heavy atom. The van der Waals surface area contributed by atoms with Crippen LogP contribution in [0.4, 0.5) is 4.79 Å². The Hall–Kier alpha value is -3.75. The Morgan fingerprint density at radius 2 is 1.59 bits per heavy atom. The minimum Gasteiger partial charge on any atom is -0.454 e. The van der Waals surface area contributed by atoms with Gasteiger partial charge in [0.1, 0.15) is 5.54 Å². The van der Waals surface area contributed by atoms with Gasteiger partial charge in [0.2, 0.25) is 13.6 Å². The van der Waals surface area contributed by atoms with E-state index in [-0.39, 0.29) is 25.9 Å². The van der Waals surface area contributed by atoms with Crippen LogP contribution in [0.15, 0.2) is 36.4 Å². The number of ether oxygens (including phenoxy) is 4. The van der Waals surface area contributed by atoms with E-state index in [0.717, 1.165) is 4.90 Å². The first kappa shape index (κ1) is 17.4. The predicted molar refractivity (Wildman–Crippen MR) is 97.1 cm³/mol. The number of hydrogen-bond acceptors (Lipinski definition) is 7. The van der Waals surface area contributed by atoms with Crippen LogP contribution in [0, 0.1) is 0 Å². The summed E-state index contributed by atoms with van der Waals surface area (Å²) in [5, 5.41) is 2.68. The van der Waals surface area contributed by atoms with Gasteiger partial charge in [-0.2, -0.15) is 0 Å². The summed E-state index contributed by atoms with van der Waals surface area (Å²) in [6.07, 6.45) is 0. The van der Waals surface area contributed by atoms with Crippen molar-refractivity contribution in [1.29, 1.82) is 0 Å². The molecule has 3 aliphatic heterocycles. The summed E-state index contributed by atoms with van der Waals surface area (Å²) in [7, 11) is 0. The zero-order chi connectivity index (χ0) is 20.2. The molecule has 1 atom stereocenters. The number of amides is 3. The molecule has 1 saturated heterocycles. The lowest BCUT2D eigenvalue weighted by molar-refractivity contribution is -0.130. The highest BCUT2D eigenvalue weighted by atomic mass is 16.7. The maximum absolute atomic E-state index is 13.1. The number of ketones is 1. The van der Waals surface area contributed by atoms with Crippen LogP contribution in [0.1, 0.15) is 22.8 Å². The summed E-state index contributed by atoms with van der Waals surface area (Å²) < 4.78 is 21.1. The van der Waals surface area contributed by atoms with Gasteiger partial charge in [0.05, 0.1) is 6.54 Å². The zero-order valence-electron chi connectivity index (χ0n) is 15.4. The van der Waals surface area contributed by atoms with E-state index >= 15 is 0 Å². The van der Waals surface area contributed by atoms with Gasteiger partial charge in [-0.25, -0.2) is 4.79 Å². The first-order chi connectivity index (χ1) is 14.0. The molecule has 9 nitrogen and oxygen atoms in total. The molecule has 1 N–H and O–H groups in total. The van der Waals surface area contributed by atoms with Gasteiger partial charge in [0, 0.05) is 5.56 Å². The van der Waals surface area contributed by atoms with Crippen molar-refractivity contribution >= 4 is 17.7 Å². The normalized spacial score (nSPS) is 21.5. The van der Waals surface area contributed by atoms with Gasteiger partial charge in [0.15, 0.2) is 28.8 Å². The van der Waals surface area contributed by atoms with Gasteiger partial charge >= 0.3 is 6.03 Å². The lowest BCUT2D eigenvalue weighted by atomic mass is 9.91. The van der Waals surface area contributed by atoms with Gasteiger partial charge in [0.25, 0.3) is 5.91 Å². The van der Waals surface area contributed by atoms with E-state index in [2.05, 4.69) is 5.32 Å². The molecule has 148 valence electrons. The van der Waals surface area contributed by atoms with E-state index in [4.69, 9.17) is 18.9 Å². The number of imide groups is 1. The third-order valence-corrected chi connectivity index (χ3v) is 5.22. The standard InChI is InChI=1S/C20H16N2O7/c1-20(12-3-5-15-17(7-12)29-10-27-15)18(24)22(19(25)21-20)8-13(23)11-2-4-14-16(6-11)28-9-26-14/h2-7H,8-10H2,1H3,(H,21,25). The molecule has 1 unspecified atom stereocenters. The maximum atomic E-state index is 13.1. The highest BCUT2D eigenvalue weighted by molar-refractivity contribution is 6.11. The minimum absolute atomic E-state index is 0.0912. The number of benzene rings is 2. The molecule has 9 heteroatoms. The van der Waals surface area contributed by atoms with E-state index in [9.17, 15) is 14.4 Å². The number of urea groups is 1. The molecule has 0 radical (unpaired) electrons. The second kappa shape index (κ2) is 6.13. The molecule has 2 aromatic rings. The van der Waals surface area contributed by atoms with Crippen molar-refractivity contribution in [3.05, 3.63) is 47.5 Å². The monoisotopic (exact) mass is 396 g/mol. The van der Waals surface area contributed by atoms with Crippen molar-refractivity contribution in [3.63, 3.8) is 0 Å². The van der Waals surface area contributed by atoms with Crippen LogP contribution in [0.3, 0.4) is 0 Å². The predicted octanol–water partition coefficient (Wildman–Crippen LogP) is 1.79. The van der Waals surface area contributed by atoms with Crippen molar-refractivity contribution < 1.29 is 33.3 Å². The van der Waals surface area contributed by atoms with Crippen molar-refractivity contribution in [2.45, 2.75) is 12.5 Å². The summed E-state index contributed by atoms with van der Waals surface area (Å²) in [6, 6.07) is 9.13. The first-order valence-electron chi connectivity index (χ1n) is 8.93. The van der Waals surface area contributed by atoms with Crippen molar-refractivity contribution in [3.8, 4) is 23.0 Å². The van der Waals surface area contributed by atoms with Gasteiger partial charge in [-0.05, 0) is 42.8 Å². The number of rotatable bonds is 4. The molecule has 2 aromatic carbocycles. The Labute approximate surface area is 165 Å². The summed E-state index contributed by atoms with van der Waals surface area (Å²) in [6.45, 7) is 1.40. The average molecular weight is 396 g/mol. The summed E-state index contributed by atoms with van der Waals surface area (Å²) in [4.78, 5) is 39.2. The maximum Gasteiger partial charge on any atom is 0.325 e. The van der Waals surface area contributed by atoms with Crippen molar-refractivity contribution in [2.75, 3.05) is 20.1 Å². The highest BCUT2D eigenvalue weighted by Gasteiger charge is 2.50. The fourth-order valence-electron chi connectivity index (χ4n) is 3.55. The Kier molecular flexibility index (Phi) is 3.67. The second-order valence-corrected chi connectivity index (χ2v) is 7.01. The molecule has 0 saturated carbocycles. The van der Waals surface area contributed by atoms with Crippen LogP contribution in [-0.2, 0) is 10.3 Å². The number of nitrogens with zero attached hydrogens (tertiary/aromatic N) is 1. The fraction of sp³-hybridized carbons (Fsp3) is 0.250. The van der Waals surface area contributed by atoms with Crippen molar-refractivity contribution in [1.82, 2.24) is 10.2 Å². The van der Waals surface area contributed by atoms with Gasteiger partial charge in [-0.3, -0.25) is 14.5 Å². The smallest absolute Gasteiger partial charge is 0.325 e. The Bertz CT molecular complexity index is 1070. The van der Waals surface area contributed by atoms with E-state index in [0.29, 0.717) is 34.1 Å². The first-order valence-corrected chi connectivity index (χ1v) is 8.93. The number of carbonyl (C=O) groups excluding carboxylic acids is 3. The topological polar surface area (TPSA) is 103 Å². The number of nitrogens with one attached hydrogen (secondary N) is 1. The van der Waals surface area contributed by atoms with E-state index in [1.165, 1.54) is 0 Å². The van der Waals surface area contributed by atoms with Crippen molar-refractivity contribution in [2.24, 2.45) is 0 Å². The Balaban J connectivity index is 1.38. The third kappa shape index (κ3) is 2.65. The van der Waals surface area contributed by atoms with E-state index in [1.807, 2.05) is 0 Å². The molecule has 5 rings (SSSR count). The minimum atomic E-state index is -1.31. The molecular weight excluding hydrogens is 380 g/mol. The van der Waals surface area contributed by atoms with Crippen LogP contribution in [0.5, 0.6) is 23.0 Å². The quantitative estimate of drug-likeness (QED) is 0.621. The van der Waals surface area contributed by atoms with Crippen LogP contribution in [-0.4, -0.2) is 42.8 Å². The molecule has 1 fully saturated rings. The SMILES string of the molecule is CC1(c2ccc3c(c2)OCO3)NC(=O)N(CC(=O)c2ccc3c(c2)OCO3)C1=O. The molecular formula is C20H16N2O7. The zero-order valence-corrected chi connectivity index (χ0v) is 15.4. The number of fused-ring (bicyclic) bond motifs is 2. The van der Waals surface area contributed by atoms with Gasteiger partial charge < -0.3 is 24.3 Å². The lowest BCUT2D eigenvalue weighted by Crippen LogP contribution is -2.41. The summed E-state index contributed by atoms with van der Waals surface area (Å²) in [5.41, 5.74) is -0.447. The lowest BCUT2D eigenvalue weighted by Gasteiger charge is -2.22. The summed E-state index contributed by atoms with van der Waals surface area (Å²) in [5.74, 6) is 1.17. The summed E-state index contributed by atoms with van der Waals surface area (Å²) >= 11 is 0. The fourth-order valence-corrected chi connectivity index (χ4v) is 3.55. The van der Waals surface area contributed by atoms with Gasteiger partial charge in [-0.15, -0.1) is 0 Å². The second-order valence-electron chi connectivity index (χ2n) is 7.01. The molecule has 0 spiro atoms. The molecule has 3 aliphatic rings. The molecule has 29 heavy (non-hydrogen) atoms. The number of hydrogen-bond donors (Lipinski definition) is 1. The van der Waals surface area contributed by atoms with Crippen LogP contribution >= 0.6 is 0 Å². The average Bonchev–Trinajstić information content (AvgIpc) is 3.42. The number of carbonyl (C=O) groups is 3. The largest absolute Gasteiger partial charge is 0.454 e. The van der Waals surface area contributed by atoms with Crippen LogP contribution < -0.4 is 24.3 Å². The van der Waals surface area contributed by atoms with Gasteiger partial charge in [-0.1, -0.05) is 6.07 Å². The number of Topliss-reactive ketones (excluding diaryl/α,β-unsaturated/α-hetero) is 1. The Morgan fingerprint density at radius 1 is 0.966 bits per heavy atom. The van der Waals surface area contributed by atoms with Crippen LogP contribution in [0.25, 0.3) is 0 Å². The highest BCUT2D eigenvalue weighted by Crippen LogP contribution is 2.38. The molecule has 3 amide bonds. The van der Waals surface area contributed by atoms with E-state index < -0.39 is 17.5 Å². The molecule has 0 aliphatic carbocycles.